The molecular formula is C24H31N3O3S. The molecule has 6 nitrogen and oxygen atoms in total. The zero-order chi connectivity index (χ0) is 22.0. The summed E-state index contributed by atoms with van der Waals surface area (Å²) >= 11 is 0. The first-order valence-corrected chi connectivity index (χ1v) is 12.6. The topological polar surface area (TPSA) is 69.7 Å². The van der Waals surface area contributed by atoms with Gasteiger partial charge in [-0.3, -0.25) is 4.79 Å². The van der Waals surface area contributed by atoms with Gasteiger partial charge in [0.25, 0.3) is 0 Å². The largest absolute Gasteiger partial charge is 0.372 e. The van der Waals surface area contributed by atoms with Gasteiger partial charge in [0.15, 0.2) is 0 Å². The Labute approximate surface area is 185 Å². The standard InChI is InChI=1S/C24H31N3O3S/c1-3-26(21-7-4-6-18(2)16-21)14-5-13-25-31(29,30)22-10-11-23-20(17-22)12-15-27(23)24(28)19-8-9-19/h4,6-7,10-11,16-17,19,25H,3,5,8-9,12-15H2,1-2H3. The van der Waals surface area contributed by atoms with Gasteiger partial charge < -0.3 is 9.80 Å². The molecule has 31 heavy (non-hydrogen) atoms. The summed E-state index contributed by atoms with van der Waals surface area (Å²) in [5.41, 5.74) is 4.18. The predicted octanol–water partition coefficient (Wildman–Crippen LogP) is 3.49. The number of aryl methyl sites for hydroxylation is 1. The molecular weight excluding hydrogens is 410 g/mol. The van der Waals surface area contributed by atoms with Crippen LogP contribution in [0.3, 0.4) is 0 Å². The Bertz CT molecular complexity index is 1060. The second-order valence-corrected chi connectivity index (χ2v) is 10.2. The van der Waals surface area contributed by atoms with Crippen molar-refractivity contribution in [2.45, 2.75) is 44.4 Å². The number of carbonyl (C=O) groups is 1. The van der Waals surface area contributed by atoms with Crippen LogP contribution in [0, 0.1) is 12.8 Å². The highest BCUT2D eigenvalue weighted by atomic mass is 32.2. The van der Waals surface area contributed by atoms with Crippen LogP contribution >= 0.6 is 0 Å². The van der Waals surface area contributed by atoms with E-state index in [0.29, 0.717) is 19.5 Å². The minimum absolute atomic E-state index is 0.165. The molecule has 0 atom stereocenters. The fourth-order valence-electron chi connectivity index (χ4n) is 4.18. The summed E-state index contributed by atoms with van der Waals surface area (Å²) in [7, 11) is -3.57. The van der Waals surface area contributed by atoms with Crippen molar-refractivity contribution in [1.82, 2.24) is 4.72 Å². The fourth-order valence-corrected chi connectivity index (χ4v) is 5.30. The summed E-state index contributed by atoms with van der Waals surface area (Å²) in [5, 5.41) is 0. The Morgan fingerprint density at radius 1 is 1.19 bits per heavy atom. The number of amides is 1. The zero-order valence-electron chi connectivity index (χ0n) is 18.3. The van der Waals surface area contributed by atoms with E-state index in [0.717, 1.165) is 49.3 Å². The maximum atomic E-state index is 12.8. The molecule has 0 bridgehead atoms. The lowest BCUT2D eigenvalue weighted by Gasteiger charge is -2.23. The molecule has 1 amide bonds. The maximum absolute atomic E-state index is 12.8. The van der Waals surface area contributed by atoms with Gasteiger partial charge in [0.05, 0.1) is 4.90 Å². The van der Waals surface area contributed by atoms with Crippen molar-refractivity contribution in [3.05, 3.63) is 53.6 Å². The summed E-state index contributed by atoms with van der Waals surface area (Å²) in [4.78, 5) is 16.8. The first-order chi connectivity index (χ1) is 14.9. The summed E-state index contributed by atoms with van der Waals surface area (Å²) in [5.74, 6) is 0.347. The van der Waals surface area contributed by atoms with E-state index in [-0.39, 0.29) is 16.7 Å². The highest BCUT2D eigenvalue weighted by molar-refractivity contribution is 7.89. The van der Waals surface area contributed by atoms with E-state index in [1.54, 1.807) is 18.2 Å². The number of anilines is 2. The van der Waals surface area contributed by atoms with Crippen LogP contribution in [0.25, 0.3) is 0 Å². The highest BCUT2D eigenvalue weighted by Crippen LogP contribution is 2.37. The van der Waals surface area contributed by atoms with Gasteiger partial charge in [0, 0.05) is 43.5 Å². The van der Waals surface area contributed by atoms with Crippen molar-refractivity contribution in [2.75, 3.05) is 36.0 Å². The van der Waals surface area contributed by atoms with Gasteiger partial charge in [0.1, 0.15) is 0 Å². The van der Waals surface area contributed by atoms with Crippen LogP contribution in [0.2, 0.25) is 0 Å². The second-order valence-electron chi connectivity index (χ2n) is 8.47. The van der Waals surface area contributed by atoms with Gasteiger partial charge in [-0.15, -0.1) is 0 Å². The van der Waals surface area contributed by atoms with E-state index < -0.39 is 10.0 Å². The van der Waals surface area contributed by atoms with Crippen LogP contribution in [0.1, 0.15) is 37.3 Å². The third kappa shape index (κ3) is 4.93. The van der Waals surface area contributed by atoms with Crippen LogP contribution < -0.4 is 14.5 Å². The minimum Gasteiger partial charge on any atom is -0.372 e. The molecule has 0 unspecified atom stereocenters. The number of hydrogen-bond acceptors (Lipinski definition) is 4. The number of sulfonamides is 1. The van der Waals surface area contributed by atoms with Gasteiger partial charge >= 0.3 is 0 Å². The average Bonchev–Trinajstić information content (AvgIpc) is 3.52. The molecule has 1 aliphatic carbocycles. The molecule has 1 saturated carbocycles. The van der Waals surface area contributed by atoms with Gasteiger partial charge in [-0.25, -0.2) is 13.1 Å². The van der Waals surface area contributed by atoms with Crippen molar-refractivity contribution in [3.8, 4) is 0 Å². The SMILES string of the molecule is CCN(CCCNS(=O)(=O)c1ccc2c(c1)CCN2C(=O)C1CC1)c1cccc(C)c1. The Morgan fingerprint density at radius 3 is 2.71 bits per heavy atom. The molecule has 0 saturated heterocycles. The fraction of sp³-hybridized carbons (Fsp3) is 0.458. The molecule has 1 aliphatic heterocycles. The highest BCUT2D eigenvalue weighted by Gasteiger charge is 2.36. The summed E-state index contributed by atoms with van der Waals surface area (Å²) in [6.45, 7) is 6.86. The van der Waals surface area contributed by atoms with Gasteiger partial charge in [-0.05, 0) is 81.0 Å². The molecule has 1 fully saturated rings. The van der Waals surface area contributed by atoms with Crippen molar-refractivity contribution >= 4 is 27.3 Å². The van der Waals surface area contributed by atoms with Crippen LogP contribution in [0.15, 0.2) is 47.4 Å². The van der Waals surface area contributed by atoms with E-state index >= 15 is 0 Å². The number of hydrogen-bond donors (Lipinski definition) is 1. The van der Waals surface area contributed by atoms with Crippen LogP contribution in [0.5, 0.6) is 0 Å². The molecule has 166 valence electrons. The third-order valence-corrected chi connectivity index (χ3v) is 7.55. The zero-order valence-corrected chi connectivity index (χ0v) is 19.1. The second kappa shape index (κ2) is 9.01. The summed E-state index contributed by atoms with van der Waals surface area (Å²) in [6, 6.07) is 13.5. The van der Waals surface area contributed by atoms with Crippen LogP contribution in [-0.4, -0.2) is 40.5 Å². The third-order valence-electron chi connectivity index (χ3n) is 6.09. The number of carbonyl (C=O) groups excluding carboxylic acids is 1. The first kappa shape index (κ1) is 21.8. The van der Waals surface area contributed by atoms with Gasteiger partial charge in [-0.2, -0.15) is 0 Å². The Balaban J connectivity index is 1.34. The molecule has 0 radical (unpaired) electrons. The predicted molar refractivity (Wildman–Crippen MR) is 124 cm³/mol. The summed E-state index contributed by atoms with van der Waals surface area (Å²) in [6.07, 6.45) is 3.37. The number of nitrogens with zero attached hydrogens (tertiary/aromatic N) is 2. The molecule has 1 heterocycles. The molecule has 2 aromatic rings. The molecule has 0 spiro atoms. The van der Waals surface area contributed by atoms with E-state index in [2.05, 4.69) is 41.7 Å². The quantitative estimate of drug-likeness (QED) is 0.605. The lowest BCUT2D eigenvalue weighted by molar-refractivity contribution is -0.119. The van der Waals surface area contributed by atoms with Crippen molar-refractivity contribution in [2.24, 2.45) is 5.92 Å². The molecule has 1 N–H and O–H groups in total. The smallest absolute Gasteiger partial charge is 0.240 e. The Hall–Kier alpha value is -2.38. The molecule has 7 heteroatoms. The summed E-state index contributed by atoms with van der Waals surface area (Å²) < 4.78 is 28.3. The normalized spacial score (nSPS) is 15.7. The van der Waals surface area contributed by atoms with Crippen molar-refractivity contribution in [3.63, 3.8) is 0 Å². The van der Waals surface area contributed by atoms with Crippen molar-refractivity contribution in [1.29, 1.82) is 0 Å². The number of nitrogens with one attached hydrogen (secondary N) is 1. The van der Waals surface area contributed by atoms with Crippen LogP contribution in [0.4, 0.5) is 11.4 Å². The molecule has 0 aromatic heterocycles. The first-order valence-electron chi connectivity index (χ1n) is 11.1. The van der Waals surface area contributed by atoms with Gasteiger partial charge in [-0.1, -0.05) is 12.1 Å². The van der Waals surface area contributed by atoms with E-state index in [4.69, 9.17) is 0 Å². The van der Waals surface area contributed by atoms with Crippen LogP contribution in [-0.2, 0) is 21.2 Å². The molecule has 2 aliphatic rings. The monoisotopic (exact) mass is 441 g/mol. The number of benzene rings is 2. The average molecular weight is 442 g/mol. The van der Waals surface area contributed by atoms with E-state index in [1.165, 1.54) is 5.56 Å². The molecule has 2 aromatic carbocycles. The van der Waals surface area contributed by atoms with E-state index in [9.17, 15) is 13.2 Å². The van der Waals surface area contributed by atoms with Crippen molar-refractivity contribution < 1.29 is 13.2 Å². The van der Waals surface area contributed by atoms with Gasteiger partial charge in [0.2, 0.25) is 15.9 Å². The lowest BCUT2D eigenvalue weighted by Crippen LogP contribution is -2.30. The Kier molecular flexibility index (Phi) is 6.34. The molecule has 4 rings (SSSR count). The van der Waals surface area contributed by atoms with E-state index in [1.807, 2.05) is 11.0 Å². The number of fused-ring (bicyclic) bond motifs is 1. The number of rotatable bonds is 9. The minimum atomic E-state index is -3.57. The maximum Gasteiger partial charge on any atom is 0.240 e. The Morgan fingerprint density at radius 2 is 2.00 bits per heavy atom. The lowest BCUT2D eigenvalue weighted by atomic mass is 10.2.